The van der Waals surface area contributed by atoms with Gasteiger partial charge in [0.25, 0.3) is 0 Å². The fourth-order valence-electron chi connectivity index (χ4n) is 2.19. The number of halogens is 3. The smallest absolute Gasteiger partial charge is 0.248 e. The molecule has 0 aliphatic heterocycles. The zero-order valence-corrected chi connectivity index (χ0v) is 10.1. The quantitative estimate of drug-likeness (QED) is 0.573. The largest absolute Gasteiger partial charge is 0.416 e. The standard InChI is InChI=1S/C15H7F3N2/c16-15(17,18)9-5-6-14-11(7-9)12(8-19)10-3-1-2-4-13(10)20-14/h1-7H. The van der Waals surface area contributed by atoms with Crippen LogP contribution in [0.3, 0.4) is 0 Å². The molecule has 0 spiro atoms. The summed E-state index contributed by atoms with van der Waals surface area (Å²) >= 11 is 0. The van der Waals surface area contributed by atoms with E-state index in [1.54, 1.807) is 24.3 Å². The summed E-state index contributed by atoms with van der Waals surface area (Å²) in [6.45, 7) is 0. The summed E-state index contributed by atoms with van der Waals surface area (Å²) in [6.07, 6.45) is -4.44. The van der Waals surface area contributed by atoms with Crippen LogP contribution in [-0.2, 0) is 6.18 Å². The first kappa shape index (κ1) is 12.4. The average molecular weight is 272 g/mol. The average Bonchev–Trinajstić information content (AvgIpc) is 2.43. The van der Waals surface area contributed by atoms with Crippen molar-refractivity contribution in [2.24, 2.45) is 0 Å². The fraction of sp³-hybridized carbons (Fsp3) is 0.0667. The third-order valence-electron chi connectivity index (χ3n) is 3.12. The van der Waals surface area contributed by atoms with Crippen LogP contribution in [0.4, 0.5) is 13.2 Å². The molecule has 0 N–H and O–H groups in total. The van der Waals surface area contributed by atoms with Crippen molar-refractivity contribution in [3.63, 3.8) is 0 Å². The summed E-state index contributed by atoms with van der Waals surface area (Å²) in [7, 11) is 0. The number of nitrogens with zero attached hydrogens (tertiary/aromatic N) is 2. The number of nitriles is 1. The summed E-state index contributed by atoms with van der Waals surface area (Å²) < 4.78 is 38.3. The second kappa shape index (κ2) is 4.20. The molecule has 0 amide bonds. The third kappa shape index (κ3) is 1.86. The van der Waals surface area contributed by atoms with Crippen molar-refractivity contribution in [2.75, 3.05) is 0 Å². The molecule has 0 saturated heterocycles. The maximum Gasteiger partial charge on any atom is 0.416 e. The highest BCUT2D eigenvalue weighted by atomic mass is 19.4. The lowest BCUT2D eigenvalue weighted by molar-refractivity contribution is -0.137. The van der Waals surface area contributed by atoms with Gasteiger partial charge in [-0.3, -0.25) is 0 Å². The van der Waals surface area contributed by atoms with Crippen LogP contribution < -0.4 is 0 Å². The predicted molar refractivity (Wildman–Crippen MR) is 69.0 cm³/mol. The lowest BCUT2D eigenvalue weighted by Gasteiger charge is -2.09. The number of rotatable bonds is 0. The Morgan fingerprint density at radius 2 is 1.65 bits per heavy atom. The Hall–Kier alpha value is -2.61. The minimum Gasteiger partial charge on any atom is -0.248 e. The topological polar surface area (TPSA) is 36.7 Å². The molecule has 0 bridgehead atoms. The Labute approximate surface area is 112 Å². The molecular weight excluding hydrogens is 265 g/mol. The van der Waals surface area contributed by atoms with Crippen LogP contribution in [0.2, 0.25) is 0 Å². The van der Waals surface area contributed by atoms with Gasteiger partial charge in [0, 0.05) is 10.8 Å². The molecular formula is C15H7F3N2. The molecule has 0 radical (unpaired) electrons. The molecule has 0 atom stereocenters. The van der Waals surface area contributed by atoms with Gasteiger partial charge in [-0.25, -0.2) is 4.98 Å². The number of hydrogen-bond acceptors (Lipinski definition) is 2. The van der Waals surface area contributed by atoms with Crippen molar-refractivity contribution in [3.05, 3.63) is 53.6 Å². The number of aromatic nitrogens is 1. The van der Waals surface area contributed by atoms with E-state index in [0.717, 1.165) is 12.1 Å². The Morgan fingerprint density at radius 3 is 2.35 bits per heavy atom. The number of para-hydroxylation sites is 1. The van der Waals surface area contributed by atoms with E-state index < -0.39 is 11.7 Å². The van der Waals surface area contributed by atoms with Gasteiger partial charge in [0.05, 0.1) is 22.2 Å². The van der Waals surface area contributed by atoms with E-state index in [1.807, 2.05) is 6.07 Å². The molecule has 2 nitrogen and oxygen atoms in total. The summed E-state index contributed by atoms with van der Waals surface area (Å²) in [4.78, 5) is 4.29. The Kier molecular flexibility index (Phi) is 2.61. The van der Waals surface area contributed by atoms with E-state index in [-0.39, 0.29) is 10.9 Å². The van der Waals surface area contributed by atoms with Crippen molar-refractivity contribution in [3.8, 4) is 6.07 Å². The summed E-state index contributed by atoms with van der Waals surface area (Å²) in [6, 6.07) is 12.1. The number of alkyl halides is 3. The van der Waals surface area contributed by atoms with E-state index >= 15 is 0 Å². The highest BCUT2D eigenvalue weighted by Crippen LogP contribution is 2.33. The first-order chi connectivity index (χ1) is 9.50. The van der Waals surface area contributed by atoms with Gasteiger partial charge in [-0.15, -0.1) is 0 Å². The first-order valence-electron chi connectivity index (χ1n) is 5.80. The molecule has 0 aliphatic rings. The van der Waals surface area contributed by atoms with Crippen LogP contribution in [0.15, 0.2) is 42.5 Å². The van der Waals surface area contributed by atoms with Crippen molar-refractivity contribution in [1.82, 2.24) is 4.98 Å². The van der Waals surface area contributed by atoms with Gasteiger partial charge in [-0.05, 0) is 24.3 Å². The SMILES string of the molecule is N#Cc1c2ccccc2nc2ccc(C(F)(F)F)cc12. The zero-order chi connectivity index (χ0) is 14.3. The van der Waals surface area contributed by atoms with Gasteiger partial charge < -0.3 is 0 Å². The van der Waals surface area contributed by atoms with Crippen LogP contribution in [0.5, 0.6) is 0 Å². The van der Waals surface area contributed by atoms with Crippen molar-refractivity contribution < 1.29 is 13.2 Å². The van der Waals surface area contributed by atoms with Gasteiger partial charge in [-0.1, -0.05) is 18.2 Å². The maximum atomic E-state index is 12.8. The summed E-state index contributed by atoms with van der Waals surface area (Å²) in [5.74, 6) is 0. The van der Waals surface area contributed by atoms with E-state index in [9.17, 15) is 18.4 Å². The highest BCUT2D eigenvalue weighted by Gasteiger charge is 2.30. The third-order valence-corrected chi connectivity index (χ3v) is 3.12. The molecule has 1 heterocycles. The molecule has 0 aliphatic carbocycles. The molecule has 0 fully saturated rings. The number of fused-ring (bicyclic) bond motifs is 2. The van der Waals surface area contributed by atoms with Gasteiger partial charge in [0.1, 0.15) is 6.07 Å². The second-order valence-corrected chi connectivity index (χ2v) is 4.35. The second-order valence-electron chi connectivity index (χ2n) is 4.35. The van der Waals surface area contributed by atoms with E-state index in [0.29, 0.717) is 16.4 Å². The van der Waals surface area contributed by atoms with Crippen molar-refractivity contribution in [2.45, 2.75) is 6.18 Å². The van der Waals surface area contributed by atoms with Gasteiger partial charge in [0.2, 0.25) is 0 Å². The molecule has 1 aromatic heterocycles. The molecule has 3 aromatic rings. The molecule has 0 unspecified atom stereocenters. The maximum absolute atomic E-state index is 12.8. The van der Waals surface area contributed by atoms with Crippen LogP contribution >= 0.6 is 0 Å². The monoisotopic (exact) mass is 272 g/mol. The van der Waals surface area contributed by atoms with Crippen molar-refractivity contribution in [1.29, 1.82) is 5.26 Å². The minimum atomic E-state index is -4.44. The van der Waals surface area contributed by atoms with Gasteiger partial charge in [0.15, 0.2) is 0 Å². The number of hydrogen-bond donors (Lipinski definition) is 0. The lowest BCUT2D eigenvalue weighted by atomic mass is 10.0. The molecule has 5 heteroatoms. The lowest BCUT2D eigenvalue weighted by Crippen LogP contribution is -2.04. The van der Waals surface area contributed by atoms with Crippen LogP contribution in [0.1, 0.15) is 11.1 Å². The predicted octanol–water partition coefficient (Wildman–Crippen LogP) is 4.28. The number of pyridine rings is 1. The Balaban J connectivity index is 2.46. The molecule has 2 aromatic carbocycles. The Morgan fingerprint density at radius 1 is 0.950 bits per heavy atom. The van der Waals surface area contributed by atoms with E-state index in [1.165, 1.54) is 6.07 Å². The van der Waals surface area contributed by atoms with E-state index in [4.69, 9.17) is 0 Å². The summed E-state index contributed by atoms with van der Waals surface area (Å²) in [5, 5.41) is 10.0. The molecule has 98 valence electrons. The van der Waals surface area contributed by atoms with Gasteiger partial charge >= 0.3 is 6.18 Å². The number of benzene rings is 2. The van der Waals surface area contributed by atoms with Crippen LogP contribution in [-0.4, -0.2) is 4.98 Å². The zero-order valence-electron chi connectivity index (χ0n) is 10.1. The normalized spacial score (nSPS) is 11.7. The molecule has 20 heavy (non-hydrogen) atoms. The minimum absolute atomic E-state index is 0.219. The molecule has 3 rings (SSSR count). The van der Waals surface area contributed by atoms with Crippen molar-refractivity contribution >= 4 is 21.8 Å². The highest BCUT2D eigenvalue weighted by molar-refractivity contribution is 6.00. The fourth-order valence-corrected chi connectivity index (χ4v) is 2.19. The van der Waals surface area contributed by atoms with Gasteiger partial charge in [-0.2, -0.15) is 18.4 Å². The first-order valence-corrected chi connectivity index (χ1v) is 5.80. The van der Waals surface area contributed by atoms with Crippen LogP contribution in [0, 0.1) is 11.3 Å². The summed E-state index contributed by atoms with van der Waals surface area (Å²) in [5.41, 5.74) is 0.417. The molecule has 0 saturated carbocycles. The van der Waals surface area contributed by atoms with Crippen LogP contribution in [0.25, 0.3) is 21.8 Å². The Bertz CT molecular complexity index is 860. The van der Waals surface area contributed by atoms with E-state index in [2.05, 4.69) is 4.98 Å².